The molecule has 0 bridgehead atoms. The van der Waals surface area contributed by atoms with Crippen LogP contribution in [0.1, 0.15) is 15.4 Å². The minimum atomic E-state index is -0.155. The highest BCUT2D eigenvalue weighted by molar-refractivity contribution is 7.16. The van der Waals surface area contributed by atoms with Crippen molar-refractivity contribution in [3.8, 4) is 0 Å². The average molecular weight is 318 g/mol. The molecule has 1 amide bonds. The van der Waals surface area contributed by atoms with Crippen molar-refractivity contribution in [3.05, 3.63) is 57.5 Å². The molecule has 106 valence electrons. The first-order valence-electron chi connectivity index (χ1n) is 6.35. The molecule has 0 atom stereocenters. The lowest BCUT2D eigenvalue weighted by Crippen LogP contribution is -2.26. The highest BCUT2D eigenvalue weighted by Crippen LogP contribution is 2.22. The Labute approximate surface area is 131 Å². The highest BCUT2D eigenvalue weighted by Gasteiger charge is 2.15. The maximum atomic E-state index is 12.4. The number of halogens is 1. The molecule has 0 aliphatic rings. The van der Waals surface area contributed by atoms with Crippen molar-refractivity contribution >= 4 is 39.9 Å². The van der Waals surface area contributed by atoms with E-state index in [0.717, 1.165) is 20.2 Å². The lowest BCUT2D eigenvalue weighted by Gasteiger charge is -2.15. The molecule has 0 spiro atoms. The zero-order valence-corrected chi connectivity index (χ0v) is 12.9. The molecule has 0 aliphatic carbocycles. The first-order chi connectivity index (χ1) is 10.1. The van der Waals surface area contributed by atoms with E-state index in [1.165, 1.54) is 17.5 Å². The summed E-state index contributed by atoms with van der Waals surface area (Å²) in [5, 5.41) is 0. The number of fused-ring (bicyclic) bond motifs is 1. The number of aromatic nitrogens is 2. The molecule has 0 N–H and O–H groups in total. The minimum absolute atomic E-state index is 0.155. The topological polar surface area (TPSA) is 46.1 Å². The van der Waals surface area contributed by atoms with Gasteiger partial charge in [0.2, 0.25) is 0 Å². The van der Waals surface area contributed by atoms with Crippen LogP contribution in [0.4, 0.5) is 0 Å². The normalized spacial score (nSPS) is 10.8. The number of benzene rings is 1. The fraction of sp³-hybridized carbons (Fsp3) is 0.133. The van der Waals surface area contributed by atoms with E-state index in [2.05, 4.69) is 9.97 Å². The SMILES string of the molecule is CN(Cc1ccc(Cl)s1)C(=O)c1cnc2ccccc2n1. The first-order valence-corrected chi connectivity index (χ1v) is 7.54. The zero-order valence-electron chi connectivity index (χ0n) is 11.3. The third kappa shape index (κ3) is 3.04. The van der Waals surface area contributed by atoms with Gasteiger partial charge in [-0.15, -0.1) is 11.3 Å². The summed E-state index contributed by atoms with van der Waals surface area (Å²) in [5.41, 5.74) is 1.84. The molecule has 4 nitrogen and oxygen atoms in total. The molecule has 1 aromatic carbocycles. The second-order valence-electron chi connectivity index (χ2n) is 4.61. The number of amides is 1. The Kier molecular flexibility index (Phi) is 3.86. The Balaban J connectivity index is 1.82. The Hall–Kier alpha value is -1.98. The van der Waals surface area contributed by atoms with Gasteiger partial charge < -0.3 is 4.90 Å². The summed E-state index contributed by atoms with van der Waals surface area (Å²) in [6.45, 7) is 0.505. The minimum Gasteiger partial charge on any atom is -0.335 e. The molecule has 0 unspecified atom stereocenters. The highest BCUT2D eigenvalue weighted by atomic mass is 35.5. The Bertz CT molecular complexity index is 802. The lowest BCUT2D eigenvalue weighted by molar-refractivity contribution is 0.0780. The van der Waals surface area contributed by atoms with Crippen molar-refractivity contribution in [2.45, 2.75) is 6.54 Å². The van der Waals surface area contributed by atoms with Crippen molar-refractivity contribution in [1.82, 2.24) is 14.9 Å². The van der Waals surface area contributed by atoms with Gasteiger partial charge in [0.05, 0.1) is 28.1 Å². The fourth-order valence-corrected chi connectivity index (χ4v) is 3.14. The van der Waals surface area contributed by atoms with E-state index < -0.39 is 0 Å². The molecule has 0 aliphatic heterocycles. The van der Waals surface area contributed by atoms with Gasteiger partial charge >= 0.3 is 0 Å². The van der Waals surface area contributed by atoms with E-state index in [9.17, 15) is 4.79 Å². The molecule has 0 fully saturated rings. The largest absolute Gasteiger partial charge is 0.335 e. The predicted molar refractivity (Wildman–Crippen MR) is 84.7 cm³/mol. The van der Waals surface area contributed by atoms with Gasteiger partial charge in [0, 0.05) is 11.9 Å². The van der Waals surface area contributed by atoms with Gasteiger partial charge in [0.1, 0.15) is 5.69 Å². The van der Waals surface area contributed by atoms with Crippen molar-refractivity contribution in [1.29, 1.82) is 0 Å². The average Bonchev–Trinajstić information content (AvgIpc) is 2.91. The maximum absolute atomic E-state index is 12.4. The van der Waals surface area contributed by atoms with Crippen LogP contribution in [-0.4, -0.2) is 27.8 Å². The number of para-hydroxylation sites is 2. The molecule has 21 heavy (non-hydrogen) atoms. The van der Waals surface area contributed by atoms with E-state index in [0.29, 0.717) is 12.2 Å². The van der Waals surface area contributed by atoms with Gasteiger partial charge in [-0.2, -0.15) is 0 Å². The van der Waals surface area contributed by atoms with Crippen LogP contribution in [0.15, 0.2) is 42.6 Å². The Morgan fingerprint density at radius 1 is 1.24 bits per heavy atom. The summed E-state index contributed by atoms with van der Waals surface area (Å²) >= 11 is 7.37. The van der Waals surface area contributed by atoms with Gasteiger partial charge in [0.25, 0.3) is 5.91 Å². The molecule has 0 radical (unpaired) electrons. The third-order valence-electron chi connectivity index (χ3n) is 3.04. The number of carbonyl (C=O) groups excluding carboxylic acids is 1. The quantitative estimate of drug-likeness (QED) is 0.741. The second-order valence-corrected chi connectivity index (χ2v) is 6.41. The first kappa shape index (κ1) is 14.0. The Morgan fingerprint density at radius 3 is 2.71 bits per heavy atom. The smallest absolute Gasteiger partial charge is 0.274 e. The molecule has 3 rings (SSSR count). The van der Waals surface area contributed by atoms with Crippen LogP contribution in [0.2, 0.25) is 4.34 Å². The molecule has 3 aromatic rings. The van der Waals surface area contributed by atoms with Gasteiger partial charge in [-0.1, -0.05) is 23.7 Å². The van der Waals surface area contributed by atoms with Crippen molar-refractivity contribution in [2.75, 3.05) is 7.05 Å². The second kappa shape index (κ2) is 5.79. The predicted octanol–water partition coefficient (Wildman–Crippen LogP) is 3.62. The van der Waals surface area contributed by atoms with E-state index in [-0.39, 0.29) is 5.91 Å². The molecule has 2 aromatic heterocycles. The summed E-state index contributed by atoms with van der Waals surface area (Å²) in [4.78, 5) is 23.7. The van der Waals surface area contributed by atoms with E-state index in [1.54, 1.807) is 11.9 Å². The summed E-state index contributed by atoms with van der Waals surface area (Å²) in [7, 11) is 1.74. The summed E-state index contributed by atoms with van der Waals surface area (Å²) < 4.78 is 0.719. The molecule has 0 saturated carbocycles. The third-order valence-corrected chi connectivity index (χ3v) is 4.25. The summed E-state index contributed by atoms with van der Waals surface area (Å²) in [5.74, 6) is -0.155. The summed E-state index contributed by atoms with van der Waals surface area (Å²) in [6.07, 6.45) is 1.52. The monoisotopic (exact) mass is 317 g/mol. The molecule has 6 heteroatoms. The number of nitrogens with zero attached hydrogens (tertiary/aromatic N) is 3. The van der Waals surface area contributed by atoms with Gasteiger partial charge in [0.15, 0.2) is 0 Å². The standard InChI is InChI=1S/C15H12ClN3OS/c1-19(9-10-6-7-14(16)21-10)15(20)13-8-17-11-4-2-3-5-12(11)18-13/h2-8H,9H2,1H3. The van der Waals surface area contributed by atoms with Crippen LogP contribution >= 0.6 is 22.9 Å². The van der Waals surface area contributed by atoms with Gasteiger partial charge in [-0.05, 0) is 24.3 Å². The van der Waals surface area contributed by atoms with Crippen molar-refractivity contribution in [2.24, 2.45) is 0 Å². The maximum Gasteiger partial charge on any atom is 0.274 e. The van der Waals surface area contributed by atoms with Crippen LogP contribution in [0.5, 0.6) is 0 Å². The number of hydrogen-bond donors (Lipinski definition) is 0. The van der Waals surface area contributed by atoms with E-state index >= 15 is 0 Å². The van der Waals surface area contributed by atoms with Crippen LogP contribution in [-0.2, 0) is 6.54 Å². The van der Waals surface area contributed by atoms with Crippen molar-refractivity contribution < 1.29 is 4.79 Å². The van der Waals surface area contributed by atoms with E-state index in [1.807, 2.05) is 36.4 Å². The molecule has 2 heterocycles. The zero-order chi connectivity index (χ0) is 14.8. The number of carbonyl (C=O) groups is 1. The lowest BCUT2D eigenvalue weighted by atomic mass is 10.3. The van der Waals surface area contributed by atoms with E-state index in [4.69, 9.17) is 11.6 Å². The van der Waals surface area contributed by atoms with Gasteiger partial charge in [-0.25, -0.2) is 4.98 Å². The molecule has 0 saturated heterocycles. The van der Waals surface area contributed by atoms with Crippen molar-refractivity contribution in [3.63, 3.8) is 0 Å². The molecular formula is C15H12ClN3OS. The molecular weight excluding hydrogens is 306 g/mol. The number of hydrogen-bond acceptors (Lipinski definition) is 4. The van der Waals surface area contributed by atoms with Crippen LogP contribution in [0.25, 0.3) is 11.0 Å². The Morgan fingerprint density at radius 2 is 2.00 bits per heavy atom. The van der Waals surface area contributed by atoms with Crippen LogP contribution in [0, 0.1) is 0 Å². The van der Waals surface area contributed by atoms with Gasteiger partial charge in [-0.3, -0.25) is 9.78 Å². The number of rotatable bonds is 3. The fourth-order valence-electron chi connectivity index (χ4n) is 2.00. The summed E-state index contributed by atoms with van der Waals surface area (Å²) in [6, 6.07) is 11.2. The van der Waals surface area contributed by atoms with Crippen LogP contribution in [0.3, 0.4) is 0 Å². The van der Waals surface area contributed by atoms with Crippen LogP contribution < -0.4 is 0 Å². The number of thiophene rings is 1.